The lowest BCUT2D eigenvalue weighted by Crippen LogP contribution is -2.46. The molecule has 0 aliphatic heterocycles. The molecule has 182 valence electrons. The van der Waals surface area contributed by atoms with Crippen LogP contribution in [0, 0.1) is 6.92 Å². The van der Waals surface area contributed by atoms with Crippen molar-refractivity contribution in [2.45, 2.75) is 25.1 Å². The van der Waals surface area contributed by atoms with Crippen molar-refractivity contribution in [3.63, 3.8) is 0 Å². The summed E-state index contributed by atoms with van der Waals surface area (Å²) >= 11 is 0. The van der Waals surface area contributed by atoms with E-state index >= 15 is 0 Å². The van der Waals surface area contributed by atoms with Crippen LogP contribution in [0.3, 0.4) is 0 Å². The van der Waals surface area contributed by atoms with Crippen molar-refractivity contribution in [1.29, 1.82) is 0 Å². The molecule has 8 nitrogen and oxygen atoms in total. The minimum atomic E-state index is -4.97. The molecule has 0 bridgehead atoms. The number of nitrogens with zero attached hydrogens (tertiary/aromatic N) is 4. The van der Waals surface area contributed by atoms with Gasteiger partial charge in [0.2, 0.25) is 17.4 Å². The van der Waals surface area contributed by atoms with Crippen LogP contribution in [0.5, 0.6) is 0 Å². The molecule has 0 saturated heterocycles. The summed E-state index contributed by atoms with van der Waals surface area (Å²) < 4.78 is 47.6. The SMILES string of the molecule is Cc1ccccc1-c1nnc(-c2ccc(C(=O)NCC[C@](O)(c3nccn3C)C(F)(F)F)cc2)o1. The van der Waals surface area contributed by atoms with Gasteiger partial charge < -0.3 is 19.4 Å². The Balaban J connectivity index is 1.42. The first-order chi connectivity index (χ1) is 16.6. The molecule has 1 atom stereocenters. The highest BCUT2D eigenvalue weighted by Gasteiger charge is 2.57. The third-order valence-corrected chi connectivity index (χ3v) is 5.63. The minimum Gasteiger partial charge on any atom is -0.416 e. The van der Waals surface area contributed by atoms with Crippen molar-refractivity contribution in [3.05, 3.63) is 77.9 Å². The van der Waals surface area contributed by atoms with E-state index in [2.05, 4.69) is 20.5 Å². The van der Waals surface area contributed by atoms with Gasteiger partial charge in [-0.25, -0.2) is 4.98 Å². The van der Waals surface area contributed by atoms with E-state index in [0.717, 1.165) is 15.7 Å². The normalized spacial score (nSPS) is 13.4. The van der Waals surface area contributed by atoms with Gasteiger partial charge in [-0.05, 0) is 42.8 Å². The molecule has 11 heteroatoms. The molecule has 2 aromatic carbocycles. The second-order valence-electron chi connectivity index (χ2n) is 8.03. The number of amides is 1. The van der Waals surface area contributed by atoms with Gasteiger partial charge in [-0.1, -0.05) is 18.2 Å². The molecule has 0 saturated carbocycles. The second kappa shape index (κ2) is 9.34. The first-order valence-corrected chi connectivity index (χ1v) is 10.7. The summed E-state index contributed by atoms with van der Waals surface area (Å²) in [5, 5.41) is 20.9. The molecule has 35 heavy (non-hydrogen) atoms. The Morgan fingerprint density at radius 2 is 1.77 bits per heavy atom. The highest BCUT2D eigenvalue weighted by atomic mass is 19.4. The maximum Gasteiger partial charge on any atom is 0.424 e. The lowest BCUT2D eigenvalue weighted by atomic mass is 9.97. The maximum absolute atomic E-state index is 13.6. The zero-order chi connectivity index (χ0) is 25.2. The van der Waals surface area contributed by atoms with E-state index < -0.39 is 36.5 Å². The molecule has 2 N–H and O–H groups in total. The minimum absolute atomic E-state index is 0.222. The van der Waals surface area contributed by atoms with Gasteiger partial charge in [-0.15, -0.1) is 10.2 Å². The Kier molecular flexibility index (Phi) is 6.44. The Labute approximate surface area is 198 Å². The Hall–Kier alpha value is -3.99. The largest absolute Gasteiger partial charge is 0.424 e. The summed E-state index contributed by atoms with van der Waals surface area (Å²) in [4.78, 5) is 16.1. The summed E-state index contributed by atoms with van der Waals surface area (Å²) in [6, 6.07) is 13.8. The van der Waals surface area contributed by atoms with E-state index in [-0.39, 0.29) is 11.5 Å². The van der Waals surface area contributed by atoms with Crippen LogP contribution in [0.4, 0.5) is 13.2 Å². The third kappa shape index (κ3) is 4.80. The molecule has 0 spiro atoms. The lowest BCUT2D eigenvalue weighted by Gasteiger charge is -2.29. The molecular weight excluding hydrogens is 463 g/mol. The number of carbonyl (C=O) groups is 1. The van der Waals surface area contributed by atoms with Crippen LogP contribution in [0.2, 0.25) is 0 Å². The zero-order valence-electron chi connectivity index (χ0n) is 18.9. The van der Waals surface area contributed by atoms with Gasteiger partial charge >= 0.3 is 6.18 Å². The molecule has 0 fully saturated rings. The van der Waals surface area contributed by atoms with Gasteiger partial charge in [0.1, 0.15) is 5.82 Å². The van der Waals surface area contributed by atoms with Gasteiger partial charge in [0, 0.05) is 49.1 Å². The van der Waals surface area contributed by atoms with Gasteiger partial charge in [0.15, 0.2) is 0 Å². The predicted octanol–water partition coefficient (Wildman–Crippen LogP) is 4.02. The number of carbonyl (C=O) groups excluding carboxylic acids is 1. The molecule has 0 aliphatic rings. The van der Waals surface area contributed by atoms with Gasteiger partial charge in [-0.3, -0.25) is 4.79 Å². The molecule has 4 aromatic rings. The average Bonchev–Trinajstić information content (AvgIpc) is 3.48. The van der Waals surface area contributed by atoms with Crippen molar-refractivity contribution in [2.75, 3.05) is 6.54 Å². The third-order valence-electron chi connectivity index (χ3n) is 5.63. The number of aromatic nitrogens is 4. The number of aryl methyl sites for hydroxylation is 2. The number of rotatable bonds is 7. The van der Waals surface area contributed by atoms with E-state index in [1.165, 1.54) is 31.6 Å². The Morgan fingerprint density at radius 3 is 2.40 bits per heavy atom. The van der Waals surface area contributed by atoms with Crippen molar-refractivity contribution in [1.82, 2.24) is 25.1 Å². The van der Waals surface area contributed by atoms with E-state index in [0.29, 0.717) is 11.5 Å². The average molecular weight is 485 g/mol. The molecule has 1 amide bonds. The number of hydrogen-bond acceptors (Lipinski definition) is 6. The van der Waals surface area contributed by atoms with Gasteiger partial charge in [0.05, 0.1) is 0 Å². The molecular formula is C24H22F3N5O3. The number of alkyl halides is 3. The number of imidazole rings is 1. The predicted molar refractivity (Wildman–Crippen MR) is 120 cm³/mol. The summed E-state index contributed by atoms with van der Waals surface area (Å²) in [6.45, 7) is 1.51. The van der Waals surface area contributed by atoms with Crippen LogP contribution in [0.15, 0.2) is 65.3 Å². The molecule has 2 aromatic heterocycles. The van der Waals surface area contributed by atoms with Crippen LogP contribution in [0.1, 0.15) is 28.2 Å². The van der Waals surface area contributed by atoms with Crippen molar-refractivity contribution in [2.24, 2.45) is 7.05 Å². The van der Waals surface area contributed by atoms with Gasteiger partial charge in [0.25, 0.3) is 5.91 Å². The van der Waals surface area contributed by atoms with Crippen molar-refractivity contribution >= 4 is 5.91 Å². The lowest BCUT2D eigenvalue weighted by molar-refractivity contribution is -0.272. The fourth-order valence-electron chi connectivity index (χ4n) is 3.63. The summed E-state index contributed by atoms with van der Waals surface area (Å²) in [5.41, 5.74) is -0.605. The van der Waals surface area contributed by atoms with Gasteiger partial charge in [-0.2, -0.15) is 13.2 Å². The van der Waals surface area contributed by atoms with E-state index in [9.17, 15) is 23.1 Å². The van der Waals surface area contributed by atoms with Crippen LogP contribution in [-0.2, 0) is 12.6 Å². The smallest absolute Gasteiger partial charge is 0.416 e. The molecule has 0 radical (unpaired) electrons. The quantitative estimate of drug-likeness (QED) is 0.410. The molecule has 0 aliphatic carbocycles. The van der Waals surface area contributed by atoms with E-state index in [4.69, 9.17) is 4.42 Å². The van der Waals surface area contributed by atoms with Crippen LogP contribution >= 0.6 is 0 Å². The summed E-state index contributed by atoms with van der Waals surface area (Å²) in [6.07, 6.45) is -3.30. The highest BCUT2D eigenvalue weighted by molar-refractivity contribution is 5.94. The van der Waals surface area contributed by atoms with Crippen molar-refractivity contribution < 1.29 is 27.5 Å². The molecule has 2 heterocycles. The monoisotopic (exact) mass is 485 g/mol. The Bertz CT molecular complexity index is 1330. The summed E-state index contributed by atoms with van der Waals surface area (Å²) in [7, 11) is 1.35. The van der Waals surface area contributed by atoms with Crippen LogP contribution in [-0.4, -0.2) is 43.5 Å². The topological polar surface area (TPSA) is 106 Å². The van der Waals surface area contributed by atoms with Crippen LogP contribution in [0.25, 0.3) is 22.9 Å². The van der Waals surface area contributed by atoms with E-state index in [1.807, 2.05) is 31.2 Å². The Morgan fingerprint density at radius 1 is 1.09 bits per heavy atom. The first kappa shape index (κ1) is 24.1. The summed E-state index contributed by atoms with van der Waals surface area (Å²) in [5.74, 6) is -0.509. The maximum atomic E-state index is 13.6. The highest BCUT2D eigenvalue weighted by Crippen LogP contribution is 2.40. The van der Waals surface area contributed by atoms with Crippen LogP contribution < -0.4 is 5.32 Å². The van der Waals surface area contributed by atoms with E-state index in [1.54, 1.807) is 12.1 Å². The number of halogens is 3. The second-order valence-corrected chi connectivity index (χ2v) is 8.03. The number of aliphatic hydroxyl groups is 1. The number of hydrogen-bond donors (Lipinski definition) is 2. The fraction of sp³-hybridized carbons (Fsp3) is 0.250. The standard InChI is InChI=1S/C24H22F3N5O3/c1-15-5-3-4-6-18(15)21-31-30-20(35-21)17-9-7-16(8-10-17)19(33)28-12-11-23(34,24(25,26)27)22-29-13-14-32(22)2/h3-10,13-14,34H,11-12H2,1-2H3,(H,28,33)/t23-/m0/s1. The molecule has 4 rings (SSSR count). The van der Waals surface area contributed by atoms with Crippen molar-refractivity contribution in [3.8, 4) is 22.9 Å². The number of nitrogens with one attached hydrogen (secondary N) is 1. The fourth-order valence-corrected chi connectivity index (χ4v) is 3.63. The number of benzene rings is 2. The first-order valence-electron chi connectivity index (χ1n) is 10.7. The zero-order valence-corrected chi connectivity index (χ0v) is 18.9. The molecule has 0 unspecified atom stereocenters.